The summed E-state index contributed by atoms with van der Waals surface area (Å²) in [6, 6.07) is 8.82. The van der Waals surface area contributed by atoms with E-state index in [0.29, 0.717) is 6.54 Å². The highest BCUT2D eigenvalue weighted by Crippen LogP contribution is 2.14. The molecule has 5 heteroatoms. The first kappa shape index (κ1) is 12.3. The number of aryl methyl sites for hydroxylation is 1. The summed E-state index contributed by atoms with van der Waals surface area (Å²) in [7, 11) is 0. The summed E-state index contributed by atoms with van der Waals surface area (Å²) in [6.07, 6.45) is 3.57. The van der Waals surface area contributed by atoms with Crippen LogP contribution in [0.15, 0.2) is 42.9 Å². The Morgan fingerprint density at radius 1 is 1.25 bits per heavy atom. The van der Waals surface area contributed by atoms with Crippen molar-refractivity contribution in [2.45, 2.75) is 13.5 Å². The van der Waals surface area contributed by atoms with Crippen molar-refractivity contribution in [3.8, 4) is 0 Å². The summed E-state index contributed by atoms with van der Waals surface area (Å²) in [6.45, 7) is 2.60. The Bertz CT molecular complexity index is 775. The number of benzene rings is 1. The van der Waals surface area contributed by atoms with Gasteiger partial charge in [0.2, 0.25) is 0 Å². The molecule has 0 amide bonds. The van der Waals surface area contributed by atoms with Gasteiger partial charge in [-0.15, -0.1) is 0 Å². The topological polar surface area (TPSA) is 68.0 Å². The van der Waals surface area contributed by atoms with Crippen LogP contribution in [0.25, 0.3) is 11.2 Å². The van der Waals surface area contributed by atoms with Crippen molar-refractivity contribution in [3.63, 3.8) is 0 Å². The molecule has 1 aromatic carbocycles. The van der Waals surface area contributed by atoms with Gasteiger partial charge in [0, 0.05) is 6.20 Å². The molecular weight excluding hydrogens is 254 g/mol. The molecule has 5 nitrogen and oxygen atoms in total. The second-order valence-electron chi connectivity index (χ2n) is 4.73. The Morgan fingerprint density at radius 3 is 2.70 bits per heavy atom. The van der Waals surface area contributed by atoms with Gasteiger partial charge in [-0.25, -0.2) is 14.8 Å². The van der Waals surface area contributed by atoms with Gasteiger partial charge in [0.15, 0.2) is 5.65 Å². The zero-order valence-corrected chi connectivity index (χ0v) is 10.9. The second-order valence-corrected chi connectivity index (χ2v) is 4.73. The maximum absolute atomic E-state index is 10.8. The Balaban J connectivity index is 1.91. The van der Waals surface area contributed by atoms with Crippen LogP contribution in [0.3, 0.4) is 0 Å². The molecule has 1 N–H and O–H groups in total. The first-order chi connectivity index (χ1) is 9.63. The minimum Gasteiger partial charge on any atom is -0.478 e. The highest BCUT2D eigenvalue weighted by atomic mass is 16.4. The SMILES string of the molecule is Cc1cnc2c(c1)ncn2Cc1ccc(C(=O)O)cc1. The molecule has 2 heterocycles. The molecule has 0 saturated carbocycles. The van der Waals surface area contributed by atoms with Gasteiger partial charge in [-0.1, -0.05) is 12.1 Å². The summed E-state index contributed by atoms with van der Waals surface area (Å²) in [5, 5.41) is 8.87. The molecule has 3 aromatic rings. The molecule has 0 bridgehead atoms. The molecule has 0 radical (unpaired) electrons. The predicted molar refractivity (Wildman–Crippen MR) is 74.8 cm³/mol. The fraction of sp³-hybridized carbons (Fsp3) is 0.133. The van der Waals surface area contributed by atoms with E-state index >= 15 is 0 Å². The van der Waals surface area contributed by atoms with E-state index in [1.807, 2.05) is 35.9 Å². The van der Waals surface area contributed by atoms with Gasteiger partial charge in [-0.3, -0.25) is 0 Å². The number of carboxylic acid groups (broad SMARTS) is 1. The fourth-order valence-corrected chi connectivity index (χ4v) is 2.11. The summed E-state index contributed by atoms with van der Waals surface area (Å²) in [5.41, 5.74) is 4.08. The number of aromatic carboxylic acids is 1. The van der Waals surface area contributed by atoms with Crippen LogP contribution >= 0.6 is 0 Å². The molecule has 0 fully saturated rings. The number of hydrogen-bond acceptors (Lipinski definition) is 3. The molecular formula is C15H13N3O2. The highest BCUT2D eigenvalue weighted by Gasteiger charge is 2.06. The Labute approximate surface area is 115 Å². The predicted octanol–water partition coefficient (Wildman–Crippen LogP) is 2.49. The third-order valence-electron chi connectivity index (χ3n) is 3.15. The van der Waals surface area contributed by atoms with Gasteiger partial charge in [0.1, 0.15) is 5.52 Å². The van der Waals surface area contributed by atoms with Crippen LogP contribution in [0.1, 0.15) is 21.5 Å². The summed E-state index contributed by atoms with van der Waals surface area (Å²) < 4.78 is 1.95. The quantitative estimate of drug-likeness (QED) is 0.791. The molecule has 20 heavy (non-hydrogen) atoms. The molecule has 0 aliphatic rings. The lowest BCUT2D eigenvalue weighted by Gasteiger charge is -2.04. The van der Waals surface area contributed by atoms with E-state index in [9.17, 15) is 4.79 Å². The third kappa shape index (κ3) is 2.25. The number of pyridine rings is 1. The molecule has 0 atom stereocenters. The van der Waals surface area contributed by atoms with Crippen molar-refractivity contribution in [1.29, 1.82) is 0 Å². The van der Waals surface area contributed by atoms with Crippen molar-refractivity contribution in [2.75, 3.05) is 0 Å². The van der Waals surface area contributed by atoms with E-state index < -0.39 is 5.97 Å². The number of rotatable bonds is 3. The zero-order chi connectivity index (χ0) is 14.1. The highest BCUT2D eigenvalue weighted by molar-refractivity contribution is 5.87. The first-order valence-corrected chi connectivity index (χ1v) is 6.23. The normalized spacial score (nSPS) is 10.8. The second kappa shape index (κ2) is 4.77. The van der Waals surface area contributed by atoms with Gasteiger partial charge < -0.3 is 9.67 Å². The number of carbonyl (C=O) groups is 1. The lowest BCUT2D eigenvalue weighted by molar-refractivity contribution is 0.0697. The van der Waals surface area contributed by atoms with Gasteiger partial charge in [-0.2, -0.15) is 0 Å². The number of aromatic nitrogens is 3. The van der Waals surface area contributed by atoms with Gasteiger partial charge in [0.25, 0.3) is 0 Å². The number of nitrogens with zero attached hydrogens (tertiary/aromatic N) is 3. The molecule has 0 unspecified atom stereocenters. The third-order valence-corrected chi connectivity index (χ3v) is 3.15. The van der Waals surface area contributed by atoms with Crippen molar-refractivity contribution in [2.24, 2.45) is 0 Å². The van der Waals surface area contributed by atoms with Gasteiger partial charge in [-0.05, 0) is 36.2 Å². The van der Waals surface area contributed by atoms with Gasteiger partial charge >= 0.3 is 5.97 Å². The molecule has 0 spiro atoms. The van der Waals surface area contributed by atoms with E-state index in [1.165, 1.54) is 0 Å². The van der Waals surface area contributed by atoms with Crippen molar-refractivity contribution in [1.82, 2.24) is 14.5 Å². The largest absolute Gasteiger partial charge is 0.478 e. The van der Waals surface area contributed by atoms with Crippen molar-refractivity contribution in [3.05, 3.63) is 59.5 Å². The summed E-state index contributed by atoms with van der Waals surface area (Å²) >= 11 is 0. The Kier molecular flexibility index (Phi) is 2.95. The summed E-state index contributed by atoms with van der Waals surface area (Å²) in [5.74, 6) is -0.915. The standard InChI is InChI=1S/C15H13N3O2/c1-10-6-13-14(16-7-10)18(9-17-13)8-11-2-4-12(5-3-11)15(19)20/h2-7,9H,8H2,1H3,(H,19,20). The van der Waals surface area contributed by atoms with E-state index in [0.717, 1.165) is 22.3 Å². The lowest BCUT2D eigenvalue weighted by Crippen LogP contribution is -2.01. The number of carboxylic acids is 1. The van der Waals surface area contributed by atoms with Gasteiger partial charge in [0.05, 0.1) is 18.4 Å². The van der Waals surface area contributed by atoms with Crippen LogP contribution < -0.4 is 0 Å². The Hall–Kier alpha value is -2.69. The fourth-order valence-electron chi connectivity index (χ4n) is 2.11. The minimum atomic E-state index is -0.915. The average molecular weight is 267 g/mol. The van der Waals surface area contributed by atoms with Crippen LogP contribution in [0.5, 0.6) is 0 Å². The molecule has 2 aromatic heterocycles. The molecule has 3 rings (SSSR count). The van der Waals surface area contributed by atoms with Crippen LogP contribution in [-0.2, 0) is 6.54 Å². The van der Waals surface area contributed by atoms with Crippen LogP contribution in [0.4, 0.5) is 0 Å². The molecule has 100 valence electrons. The van der Waals surface area contributed by atoms with E-state index in [-0.39, 0.29) is 5.56 Å². The van der Waals surface area contributed by atoms with E-state index in [2.05, 4.69) is 9.97 Å². The average Bonchev–Trinajstić information content (AvgIpc) is 2.81. The van der Waals surface area contributed by atoms with E-state index in [4.69, 9.17) is 5.11 Å². The smallest absolute Gasteiger partial charge is 0.335 e. The Morgan fingerprint density at radius 2 is 2.00 bits per heavy atom. The maximum atomic E-state index is 10.8. The molecule has 0 aliphatic carbocycles. The monoisotopic (exact) mass is 267 g/mol. The molecule has 0 saturated heterocycles. The van der Waals surface area contributed by atoms with E-state index in [1.54, 1.807) is 18.5 Å². The number of fused-ring (bicyclic) bond motifs is 1. The van der Waals surface area contributed by atoms with Crippen molar-refractivity contribution < 1.29 is 9.90 Å². The lowest BCUT2D eigenvalue weighted by atomic mass is 10.1. The van der Waals surface area contributed by atoms with Crippen LogP contribution in [-0.4, -0.2) is 25.6 Å². The number of hydrogen-bond donors (Lipinski definition) is 1. The van der Waals surface area contributed by atoms with Crippen molar-refractivity contribution >= 4 is 17.1 Å². The zero-order valence-electron chi connectivity index (χ0n) is 10.9. The number of imidazole rings is 1. The van der Waals surface area contributed by atoms with Crippen LogP contribution in [0.2, 0.25) is 0 Å². The van der Waals surface area contributed by atoms with Crippen LogP contribution in [0, 0.1) is 6.92 Å². The minimum absolute atomic E-state index is 0.290. The molecule has 0 aliphatic heterocycles. The first-order valence-electron chi connectivity index (χ1n) is 6.23. The summed E-state index contributed by atoms with van der Waals surface area (Å²) in [4.78, 5) is 19.5. The maximum Gasteiger partial charge on any atom is 0.335 e.